The molecule has 1 aromatic carbocycles. The Morgan fingerprint density at radius 3 is 2.15 bits per heavy atom. The van der Waals surface area contributed by atoms with Crippen molar-refractivity contribution in [1.82, 2.24) is 5.32 Å². The van der Waals surface area contributed by atoms with E-state index in [9.17, 15) is 43.9 Å². The number of carbonyl (C=O) groups excluding carboxylic acids is 1. The molecule has 1 saturated carbocycles. The van der Waals surface area contributed by atoms with Crippen molar-refractivity contribution in [3.63, 3.8) is 0 Å². The summed E-state index contributed by atoms with van der Waals surface area (Å²) in [6.07, 6.45) is -9.91. The van der Waals surface area contributed by atoms with Crippen molar-refractivity contribution in [3.8, 4) is 0 Å². The van der Waals surface area contributed by atoms with Crippen molar-refractivity contribution in [2.24, 2.45) is 0 Å². The largest absolute Gasteiger partial charge is 0.456 e. The Morgan fingerprint density at radius 1 is 1.00 bits per heavy atom. The number of hydrogen-bond donors (Lipinski definition) is 1. The van der Waals surface area contributed by atoms with E-state index in [1.807, 2.05) is 0 Å². The Balaban J connectivity index is 1.70. The summed E-state index contributed by atoms with van der Waals surface area (Å²) in [5.74, 6) is -4.18. The first-order valence-electron chi connectivity index (χ1n) is 9.70. The first-order chi connectivity index (χ1) is 15.1. The van der Waals surface area contributed by atoms with Crippen LogP contribution in [0.5, 0.6) is 0 Å². The third-order valence-corrected chi connectivity index (χ3v) is 7.64. The van der Waals surface area contributed by atoms with Crippen LogP contribution in [-0.2, 0) is 22.2 Å². The molecule has 2 aromatic rings. The van der Waals surface area contributed by atoms with Crippen LogP contribution in [0.4, 0.5) is 30.7 Å². The highest BCUT2D eigenvalue weighted by molar-refractivity contribution is 7.92. The number of hydrogen-bond acceptors (Lipinski definition) is 4. The minimum atomic E-state index is -5.07. The van der Waals surface area contributed by atoms with Gasteiger partial charge in [0.1, 0.15) is 11.6 Å². The molecule has 33 heavy (non-hydrogen) atoms. The molecule has 0 aliphatic heterocycles. The Morgan fingerprint density at radius 2 is 1.61 bits per heavy atom. The molecule has 0 spiro atoms. The molecule has 1 aliphatic carbocycles. The smallest absolute Gasteiger partial charge is 0.450 e. The molecule has 0 atom stereocenters. The fourth-order valence-electron chi connectivity index (χ4n) is 3.77. The SMILES string of the molecule is Cc1cc(C(=O)NC2CCC(S(=O)(=O)c3ccc(F)c(C(F)(F)F)c3)CC2)c(C(F)(F)F)o1. The van der Waals surface area contributed by atoms with Crippen molar-refractivity contribution >= 4 is 15.7 Å². The van der Waals surface area contributed by atoms with Gasteiger partial charge < -0.3 is 9.73 Å². The van der Waals surface area contributed by atoms with Crippen LogP contribution in [0.2, 0.25) is 0 Å². The maximum Gasteiger partial charge on any atom is 0.450 e. The van der Waals surface area contributed by atoms with E-state index in [4.69, 9.17) is 0 Å². The summed E-state index contributed by atoms with van der Waals surface area (Å²) in [4.78, 5) is 11.7. The van der Waals surface area contributed by atoms with Gasteiger partial charge in [0, 0.05) is 6.04 Å². The van der Waals surface area contributed by atoms with Crippen molar-refractivity contribution in [2.45, 2.75) is 61.1 Å². The second kappa shape index (κ2) is 8.65. The minimum Gasteiger partial charge on any atom is -0.456 e. The Labute approximate surface area is 183 Å². The first-order valence-corrected chi connectivity index (χ1v) is 11.2. The lowest BCUT2D eigenvalue weighted by molar-refractivity contribution is -0.153. The van der Waals surface area contributed by atoms with Gasteiger partial charge in [0.05, 0.1) is 21.3 Å². The minimum absolute atomic E-state index is 0.0530. The van der Waals surface area contributed by atoms with Crippen molar-refractivity contribution in [3.05, 3.63) is 52.7 Å². The fourth-order valence-corrected chi connectivity index (χ4v) is 5.58. The van der Waals surface area contributed by atoms with Gasteiger partial charge in [0.2, 0.25) is 5.76 Å². The summed E-state index contributed by atoms with van der Waals surface area (Å²) in [6, 6.07) is 1.75. The molecule has 3 rings (SSSR count). The molecule has 0 unspecified atom stereocenters. The standard InChI is InChI=1S/C20H18F7NO4S/c1-10-8-14(17(32-10)20(25,26)27)18(29)28-11-2-4-12(5-3-11)33(30,31)13-6-7-16(21)15(9-13)19(22,23)24/h6-9,11-12H,2-5H2,1H3,(H,28,29). The van der Waals surface area contributed by atoms with Gasteiger partial charge in [-0.25, -0.2) is 12.8 Å². The Bertz CT molecular complexity index is 1140. The predicted molar refractivity (Wildman–Crippen MR) is 101 cm³/mol. The number of benzene rings is 1. The second-order valence-electron chi connectivity index (χ2n) is 7.73. The lowest BCUT2D eigenvalue weighted by atomic mass is 9.94. The number of rotatable bonds is 4. The van der Waals surface area contributed by atoms with Gasteiger partial charge in [-0.05, 0) is 56.9 Å². The van der Waals surface area contributed by atoms with Crippen LogP contribution in [0.15, 0.2) is 33.6 Å². The molecule has 0 bridgehead atoms. The van der Waals surface area contributed by atoms with E-state index in [-0.39, 0.29) is 37.5 Å². The molecule has 1 heterocycles. The highest BCUT2D eigenvalue weighted by Gasteiger charge is 2.41. The maximum atomic E-state index is 13.5. The normalized spacial score (nSPS) is 20.0. The summed E-state index contributed by atoms with van der Waals surface area (Å²) in [7, 11) is -4.23. The number of nitrogens with one attached hydrogen (secondary N) is 1. The second-order valence-corrected chi connectivity index (χ2v) is 9.96. The summed E-state index contributed by atoms with van der Waals surface area (Å²) >= 11 is 0. The molecular formula is C20H18F7NO4S. The van der Waals surface area contributed by atoms with Crippen molar-refractivity contribution < 1.29 is 48.4 Å². The van der Waals surface area contributed by atoms with Crippen LogP contribution in [-0.4, -0.2) is 25.6 Å². The first kappa shape index (κ1) is 25.1. The average molecular weight is 501 g/mol. The predicted octanol–water partition coefficient (Wildman–Crippen LogP) is 5.28. The summed E-state index contributed by atoms with van der Waals surface area (Å²) in [5, 5.41) is 1.33. The lowest BCUT2D eigenvalue weighted by Gasteiger charge is -2.29. The summed E-state index contributed by atoms with van der Waals surface area (Å²) in [5.41, 5.74) is -2.39. The number of furan rings is 1. The van der Waals surface area contributed by atoms with Gasteiger partial charge in [-0.15, -0.1) is 0 Å². The molecule has 5 nitrogen and oxygen atoms in total. The van der Waals surface area contributed by atoms with Gasteiger partial charge in [0.15, 0.2) is 9.84 Å². The highest BCUT2D eigenvalue weighted by atomic mass is 32.2. The average Bonchev–Trinajstić information content (AvgIpc) is 3.10. The van der Waals surface area contributed by atoms with Crippen LogP contribution in [0, 0.1) is 12.7 Å². The Kier molecular flexibility index (Phi) is 6.57. The van der Waals surface area contributed by atoms with E-state index < -0.39 is 67.0 Å². The molecule has 1 aromatic heterocycles. The topological polar surface area (TPSA) is 76.4 Å². The number of carbonyl (C=O) groups is 1. The fraction of sp³-hybridized carbons (Fsp3) is 0.450. The summed E-state index contributed by atoms with van der Waals surface area (Å²) < 4.78 is 121. The summed E-state index contributed by atoms with van der Waals surface area (Å²) in [6.45, 7) is 1.25. The van der Waals surface area contributed by atoms with E-state index in [2.05, 4.69) is 9.73 Å². The molecule has 0 radical (unpaired) electrons. The van der Waals surface area contributed by atoms with E-state index in [0.29, 0.717) is 6.07 Å². The number of aryl methyl sites for hydroxylation is 1. The Hall–Kier alpha value is -2.57. The molecule has 1 fully saturated rings. The monoisotopic (exact) mass is 501 g/mol. The van der Waals surface area contributed by atoms with Gasteiger partial charge in [-0.1, -0.05) is 0 Å². The van der Waals surface area contributed by atoms with Crippen molar-refractivity contribution in [2.75, 3.05) is 0 Å². The molecule has 13 heteroatoms. The van der Waals surface area contributed by atoms with Crippen LogP contribution >= 0.6 is 0 Å². The molecular weight excluding hydrogens is 483 g/mol. The van der Waals surface area contributed by atoms with Gasteiger partial charge >= 0.3 is 12.4 Å². The van der Waals surface area contributed by atoms with E-state index >= 15 is 0 Å². The van der Waals surface area contributed by atoms with Crippen molar-refractivity contribution in [1.29, 1.82) is 0 Å². The zero-order valence-electron chi connectivity index (χ0n) is 17.0. The quantitative estimate of drug-likeness (QED) is 0.457. The molecule has 0 saturated heterocycles. The molecule has 1 aliphatic rings. The number of halogens is 7. The van der Waals surface area contributed by atoms with Gasteiger partial charge in [0.25, 0.3) is 5.91 Å². The maximum absolute atomic E-state index is 13.5. The number of alkyl halides is 6. The van der Waals surface area contributed by atoms with Gasteiger partial charge in [-0.2, -0.15) is 26.3 Å². The third-order valence-electron chi connectivity index (χ3n) is 5.38. The third kappa shape index (κ3) is 5.33. The van der Waals surface area contributed by atoms with Crippen LogP contribution in [0.1, 0.15) is 53.1 Å². The molecule has 1 N–H and O–H groups in total. The number of sulfone groups is 1. The molecule has 182 valence electrons. The highest BCUT2D eigenvalue weighted by Crippen LogP contribution is 2.36. The zero-order chi connectivity index (χ0) is 24.8. The van der Waals surface area contributed by atoms with Crippen LogP contribution in [0.25, 0.3) is 0 Å². The number of amides is 1. The molecule has 1 amide bonds. The van der Waals surface area contributed by atoms with Gasteiger partial charge in [-0.3, -0.25) is 4.79 Å². The van der Waals surface area contributed by atoms with E-state index in [1.54, 1.807) is 0 Å². The van der Waals surface area contributed by atoms with Crippen LogP contribution in [0.3, 0.4) is 0 Å². The zero-order valence-corrected chi connectivity index (χ0v) is 17.8. The van der Waals surface area contributed by atoms with E-state index in [1.165, 1.54) is 6.92 Å². The van der Waals surface area contributed by atoms with E-state index in [0.717, 1.165) is 12.1 Å². The van der Waals surface area contributed by atoms with Crippen LogP contribution < -0.4 is 5.32 Å². The lowest BCUT2D eigenvalue weighted by Crippen LogP contribution is -2.40.